The van der Waals surface area contributed by atoms with E-state index in [2.05, 4.69) is 41.5 Å². The van der Waals surface area contributed by atoms with Crippen LogP contribution < -0.4 is 0 Å². The number of fused-ring (bicyclic) bond motifs is 5. The number of rotatable bonds is 5. The van der Waals surface area contributed by atoms with E-state index in [1.54, 1.807) is 44.9 Å². The molecule has 4 fully saturated rings. The van der Waals surface area contributed by atoms with Gasteiger partial charge in [0.15, 0.2) is 0 Å². The summed E-state index contributed by atoms with van der Waals surface area (Å²) in [7, 11) is 0. The molecule has 0 spiro atoms. The van der Waals surface area contributed by atoms with Crippen molar-refractivity contribution >= 4 is 0 Å². The molecule has 0 heterocycles. The van der Waals surface area contributed by atoms with Crippen molar-refractivity contribution < 1.29 is 0 Å². The average molecular weight is 387 g/mol. The first-order valence-electron chi connectivity index (χ1n) is 13.3. The van der Waals surface area contributed by atoms with Gasteiger partial charge in [0.1, 0.15) is 0 Å². The zero-order valence-corrected chi connectivity index (χ0v) is 20.1. The van der Waals surface area contributed by atoms with E-state index in [0.29, 0.717) is 10.8 Å². The summed E-state index contributed by atoms with van der Waals surface area (Å²) in [6, 6.07) is 0. The zero-order chi connectivity index (χ0) is 20.1. The van der Waals surface area contributed by atoms with Gasteiger partial charge in [0.2, 0.25) is 0 Å². The smallest absolute Gasteiger partial charge is 0.0264 e. The maximum atomic E-state index is 2.75. The Hall–Kier alpha value is 0. The molecular weight excluding hydrogens is 336 g/mol. The van der Waals surface area contributed by atoms with E-state index in [4.69, 9.17) is 0 Å². The molecule has 4 aliphatic rings. The molecule has 0 aliphatic heterocycles. The van der Waals surface area contributed by atoms with Crippen molar-refractivity contribution in [2.75, 3.05) is 0 Å². The Morgan fingerprint density at radius 2 is 1.50 bits per heavy atom. The fourth-order valence-corrected chi connectivity index (χ4v) is 9.50. The first-order valence-corrected chi connectivity index (χ1v) is 13.3. The molecule has 0 aromatic rings. The van der Waals surface area contributed by atoms with Gasteiger partial charge in [0.25, 0.3) is 0 Å². The van der Waals surface area contributed by atoms with E-state index in [0.717, 1.165) is 47.3 Å². The minimum absolute atomic E-state index is 0.670. The van der Waals surface area contributed by atoms with Crippen LogP contribution in [-0.2, 0) is 0 Å². The minimum Gasteiger partial charge on any atom is -0.0628 e. The van der Waals surface area contributed by atoms with E-state index in [1.807, 2.05) is 0 Å². The Labute approximate surface area is 177 Å². The van der Waals surface area contributed by atoms with Crippen LogP contribution >= 0.6 is 0 Å². The lowest BCUT2D eigenvalue weighted by molar-refractivity contribution is -0.120. The first-order chi connectivity index (χ1) is 13.3. The Kier molecular flexibility index (Phi) is 6.01. The van der Waals surface area contributed by atoms with Crippen molar-refractivity contribution in [3.05, 3.63) is 0 Å². The van der Waals surface area contributed by atoms with Crippen LogP contribution in [0.4, 0.5) is 0 Å². The number of hydrogen-bond acceptors (Lipinski definition) is 0. The van der Waals surface area contributed by atoms with Gasteiger partial charge in [-0.05, 0) is 110 Å². The second-order valence-corrected chi connectivity index (χ2v) is 13.1. The Bertz CT molecular complexity index is 534. The molecule has 0 aromatic carbocycles. The quantitative estimate of drug-likeness (QED) is 0.443. The molecule has 6 unspecified atom stereocenters. The fourth-order valence-electron chi connectivity index (χ4n) is 9.50. The zero-order valence-electron chi connectivity index (χ0n) is 20.1. The summed E-state index contributed by atoms with van der Waals surface area (Å²) in [6.45, 7) is 15.4. The SMILES string of the molecule is CC(C)CCCC(C)C1CCC2C3CCC4C[C@@H](C)CC[C@]4(C)C3CC[C@]12C. The highest BCUT2D eigenvalue weighted by atomic mass is 14.6. The Morgan fingerprint density at radius 1 is 0.786 bits per heavy atom. The lowest BCUT2D eigenvalue weighted by Gasteiger charge is -2.61. The summed E-state index contributed by atoms with van der Waals surface area (Å²) in [5.74, 6) is 8.08. The third kappa shape index (κ3) is 3.51. The van der Waals surface area contributed by atoms with E-state index >= 15 is 0 Å². The standard InChI is InChI=1S/C28H50/c1-19(2)8-7-9-21(4)24-12-13-25-23-11-10-22-18-20(3)14-16-27(22,5)26(23)15-17-28(24,25)6/h19-26H,7-18H2,1-6H3/t20-,21?,22?,23?,24?,25?,26?,27-,28+/m0/s1. The molecule has 0 saturated heterocycles. The summed E-state index contributed by atoms with van der Waals surface area (Å²) < 4.78 is 0. The second-order valence-electron chi connectivity index (χ2n) is 13.1. The van der Waals surface area contributed by atoms with Gasteiger partial charge in [-0.2, -0.15) is 0 Å². The van der Waals surface area contributed by atoms with Crippen LogP contribution in [0.5, 0.6) is 0 Å². The molecule has 9 atom stereocenters. The van der Waals surface area contributed by atoms with E-state index in [9.17, 15) is 0 Å². The molecule has 0 radical (unpaired) electrons. The average Bonchev–Trinajstić information content (AvgIpc) is 2.99. The van der Waals surface area contributed by atoms with Crippen LogP contribution in [0, 0.1) is 58.2 Å². The summed E-state index contributed by atoms with van der Waals surface area (Å²) in [4.78, 5) is 0. The van der Waals surface area contributed by atoms with Crippen molar-refractivity contribution in [3.63, 3.8) is 0 Å². The largest absolute Gasteiger partial charge is 0.0628 e. The highest BCUT2D eigenvalue weighted by molar-refractivity contribution is 5.09. The molecule has 162 valence electrons. The first kappa shape index (κ1) is 21.2. The lowest BCUT2D eigenvalue weighted by Crippen LogP contribution is -2.53. The third-order valence-corrected chi connectivity index (χ3v) is 11.1. The van der Waals surface area contributed by atoms with Crippen molar-refractivity contribution in [1.82, 2.24) is 0 Å². The van der Waals surface area contributed by atoms with Gasteiger partial charge in [-0.1, -0.05) is 67.2 Å². The summed E-state index contributed by atoms with van der Waals surface area (Å²) in [5.41, 5.74) is 1.36. The Balaban J connectivity index is 1.46. The molecule has 0 amide bonds. The molecule has 4 saturated carbocycles. The normalized spacial score (nSPS) is 49.4. The van der Waals surface area contributed by atoms with E-state index < -0.39 is 0 Å². The maximum absolute atomic E-state index is 2.75. The lowest BCUT2D eigenvalue weighted by atomic mass is 9.44. The van der Waals surface area contributed by atoms with Crippen molar-refractivity contribution in [2.24, 2.45) is 58.2 Å². The van der Waals surface area contributed by atoms with Crippen LogP contribution in [0.1, 0.15) is 119 Å². The molecule has 0 nitrogen and oxygen atoms in total. The third-order valence-electron chi connectivity index (χ3n) is 11.1. The molecule has 0 aromatic heterocycles. The van der Waals surface area contributed by atoms with Crippen LogP contribution in [0.3, 0.4) is 0 Å². The van der Waals surface area contributed by atoms with Crippen molar-refractivity contribution in [3.8, 4) is 0 Å². The summed E-state index contributed by atoms with van der Waals surface area (Å²) >= 11 is 0. The van der Waals surface area contributed by atoms with E-state index in [-0.39, 0.29) is 0 Å². The van der Waals surface area contributed by atoms with Gasteiger partial charge >= 0.3 is 0 Å². The molecule has 0 N–H and O–H groups in total. The van der Waals surface area contributed by atoms with Gasteiger partial charge < -0.3 is 0 Å². The minimum atomic E-state index is 0.670. The van der Waals surface area contributed by atoms with Gasteiger partial charge in [-0.25, -0.2) is 0 Å². The fraction of sp³-hybridized carbons (Fsp3) is 1.00. The predicted octanol–water partition coefficient (Wildman–Crippen LogP) is 8.74. The van der Waals surface area contributed by atoms with Crippen molar-refractivity contribution in [2.45, 2.75) is 119 Å². The maximum Gasteiger partial charge on any atom is -0.0264 e. The number of hydrogen-bond donors (Lipinski definition) is 0. The van der Waals surface area contributed by atoms with Gasteiger partial charge in [-0.3, -0.25) is 0 Å². The van der Waals surface area contributed by atoms with Gasteiger partial charge in [-0.15, -0.1) is 0 Å². The highest BCUT2D eigenvalue weighted by Gasteiger charge is 2.60. The molecule has 0 heteroatoms. The van der Waals surface area contributed by atoms with Crippen molar-refractivity contribution in [1.29, 1.82) is 0 Å². The molecule has 0 bridgehead atoms. The second kappa shape index (κ2) is 7.92. The van der Waals surface area contributed by atoms with Crippen LogP contribution in [0.25, 0.3) is 0 Å². The molecular formula is C28H50. The topological polar surface area (TPSA) is 0 Å². The van der Waals surface area contributed by atoms with Gasteiger partial charge in [0, 0.05) is 0 Å². The molecule has 28 heavy (non-hydrogen) atoms. The van der Waals surface area contributed by atoms with Gasteiger partial charge in [0.05, 0.1) is 0 Å². The summed E-state index contributed by atoms with van der Waals surface area (Å²) in [5, 5.41) is 0. The van der Waals surface area contributed by atoms with Crippen LogP contribution in [-0.4, -0.2) is 0 Å². The molecule has 4 aliphatic carbocycles. The van der Waals surface area contributed by atoms with Crippen LogP contribution in [0.2, 0.25) is 0 Å². The molecule has 4 rings (SSSR count). The summed E-state index contributed by atoms with van der Waals surface area (Å²) in [6.07, 6.45) is 18.3. The highest BCUT2D eigenvalue weighted by Crippen LogP contribution is 2.68. The van der Waals surface area contributed by atoms with Crippen LogP contribution in [0.15, 0.2) is 0 Å². The van der Waals surface area contributed by atoms with E-state index in [1.165, 1.54) is 32.1 Å². The Morgan fingerprint density at radius 3 is 2.25 bits per heavy atom. The monoisotopic (exact) mass is 386 g/mol. The predicted molar refractivity (Wildman–Crippen MR) is 122 cm³/mol.